The first-order chi connectivity index (χ1) is 9.65. The number of hydrogen-bond donors (Lipinski definition) is 0. The highest BCUT2D eigenvalue weighted by molar-refractivity contribution is 7.13. The van der Waals surface area contributed by atoms with Crippen molar-refractivity contribution in [2.75, 3.05) is 6.61 Å². The van der Waals surface area contributed by atoms with Gasteiger partial charge in [0.2, 0.25) is 0 Å². The van der Waals surface area contributed by atoms with Crippen molar-refractivity contribution in [1.29, 1.82) is 0 Å². The minimum Gasteiger partial charge on any atom is -0.465 e. The quantitative estimate of drug-likeness (QED) is 0.580. The third kappa shape index (κ3) is 4.20. The molecule has 7 heteroatoms. The van der Waals surface area contributed by atoms with Crippen LogP contribution in [0.2, 0.25) is 0 Å². The Labute approximate surface area is 120 Å². The van der Waals surface area contributed by atoms with E-state index in [1.807, 2.05) is 37.3 Å². The highest BCUT2D eigenvalue weighted by Gasteiger charge is 2.09. The van der Waals surface area contributed by atoms with E-state index in [1.165, 1.54) is 11.3 Å². The van der Waals surface area contributed by atoms with E-state index in [2.05, 4.69) is 9.82 Å². The van der Waals surface area contributed by atoms with E-state index in [0.29, 0.717) is 18.2 Å². The SMILES string of the molecule is Cc1nc(OCc2ccccc2)sc1CCO[N+](=O)[O-]. The van der Waals surface area contributed by atoms with Crippen molar-refractivity contribution in [3.63, 3.8) is 0 Å². The fourth-order valence-corrected chi connectivity index (χ4v) is 2.52. The molecule has 0 fully saturated rings. The van der Waals surface area contributed by atoms with E-state index in [1.54, 1.807) is 0 Å². The summed E-state index contributed by atoms with van der Waals surface area (Å²) < 4.78 is 5.61. The molecule has 0 aliphatic rings. The van der Waals surface area contributed by atoms with Crippen LogP contribution in [0.4, 0.5) is 0 Å². The highest BCUT2D eigenvalue weighted by atomic mass is 32.1. The maximum Gasteiger partial charge on any atom is 0.294 e. The maximum atomic E-state index is 10.1. The number of aryl methyl sites for hydroxylation is 1. The van der Waals surface area contributed by atoms with Crippen LogP contribution in [0.1, 0.15) is 16.1 Å². The minimum atomic E-state index is -0.789. The van der Waals surface area contributed by atoms with Crippen molar-refractivity contribution < 1.29 is 14.7 Å². The lowest BCUT2D eigenvalue weighted by molar-refractivity contribution is -0.757. The van der Waals surface area contributed by atoms with E-state index in [0.717, 1.165) is 16.1 Å². The summed E-state index contributed by atoms with van der Waals surface area (Å²) in [5.41, 5.74) is 1.89. The molecule has 0 saturated heterocycles. The Bertz CT molecular complexity index is 571. The minimum absolute atomic E-state index is 0.0359. The molecule has 1 aromatic carbocycles. The largest absolute Gasteiger partial charge is 0.465 e. The zero-order chi connectivity index (χ0) is 14.4. The Balaban J connectivity index is 1.88. The number of ether oxygens (including phenoxy) is 1. The summed E-state index contributed by atoms with van der Waals surface area (Å²) >= 11 is 1.39. The number of thiazole rings is 1. The second kappa shape index (κ2) is 6.85. The lowest BCUT2D eigenvalue weighted by Gasteiger charge is -2.01. The lowest BCUT2D eigenvalue weighted by Crippen LogP contribution is -2.04. The maximum absolute atomic E-state index is 10.1. The fourth-order valence-electron chi connectivity index (χ4n) is 1.63. The molecule has 0 radical (unpaired) electrons. The van der Waals surface area contributed by atoms with E-state index in [9.17, 15) is 10.1 Å². The Morgan fingerprint density at radius 2 is 2.10 bits per heavy atom. The number of hydrogen-bond acceptors (Lipinski definition) is 6. The van der Waals surface area contributed by atoms with Crippen molar-refractivity contribution in [2.24, 2.45) is 0 Å². The van der Waals surface area contributed by atoms with Gasteiger partial charge in [-0.2, -0.15) is 0 Å². The van der Waals surface area contributed by atoms with Crippen LogP contribution in [0.25, 0.3) is 0 Å². The van der Waals surface area contributed by atoms with Crippen LogP contribution in [0, 0.1) is 17.0 Å². The zero-order valence-corrected chi connectivity index (χ0v) is 11.8. The Hall–Kier alpha value is -2.15. The number of benzene rings is 1. The summed E-state index contributed by atoms with van der Waals surface area (Å²) in [4.78, 5) is 19.6. The molecule has 0 saturated carbocycles. The van der Waals surface area contributed by atoms with Gasteiger partial charge in [0.25, 0.3) is 10.3 Å². The predicted molar refractivity (Wildman–Crippen MR) is 74.3 cm³/mol. The van der Waals surface area contributed by atoms with Crippen LogP contribution in [-0.2, 0) is 17.9 Å². The molecule has 6 nitrogen and oxygen atoms in total. The van der Waals surface area contributed by atoms with Crippen molar-refractivity contribution >= 4 is 11.3 Å². The average molecular weight is 294 g/mol. The van der Waals surface area contributed by atoms with Gasteiger partial charge in [0.15, 0.2) is 0 Å². The molecule has 106 valence electrons. The number of aromatic nitrogens is 1. The Kier molecular flexibility index (Phi) is 4.89. The van der Waals surface area contributed by atoms with Crippen LogP contribution in [0.3, 0.4) is 0 Å². The van der Waals surface area contributed by atoms with E-state index in [-0.39, 0.29) is 6.61 Å². The van der Waals surface area contributed by atoms with Gasteiger partial charge in [-0.05, 0) is 12.5 Å². The summed E-state index contributed by atoms with van der Waals surface area (Å²) in [6, 6.07) is 9.81. The molecule has 0 aliphatic carbocycles. The van der Waals surface area contributed by atoms with E-state index in [4.69, 9.17) is 4.74 Å². The molecular weight excluding hydrogens is 280 g/mol. The van der Waals surface area contributed by atoms with Gasteiger partial charge in [0, 0.05) is 11.3 Å². The van der Waals surface area contributed by atoms with Gasteiger partial charge in [-0.1, -0.05) is 41.7 Å². The highest BCUT2D eigenvalue weighted by Crippen LogP contribution is 2.25. The molecule has 0 atom stereocenters. The van der Waals surface area contributed by atoms with Crippen molar-refractivity contribution in [3.05, 3.63) is 56.6 Å². The molecule has 2 rings (SSSR count). The fraction of sp³-hybridized carbons (Fsp3) is 0.308. The van der Waals surface area contributed by atoms with Gasteiger partial charge in [0.1, 0.15) is 13.2 Å². The molecule has 0 aliphatic heterocycles. The van der Waals surface area contributed by atoms with Crippen molar-refractivity contribution in [2.45, 2.75) is 20.0 Å². The topological polar surface area (TPSA) is 74.5 Å². The van der Waals surface area contributed by atoms with Gasteiger partial charge in [0.05, 0.1) is 5.69 Å². The van der Waals surface area contributed by atoms with Gasteiger partial charge in [-0.3, -0.25) is 0 Å². The van der Waals surface area contributed by atoms with Crippen LogP contribution in [0.15, 0.2) is 30.3 Å². The summed E-state index contributed by atoms with van der Waals surface area (Å²) in [5.74, 6) is 0. The molecule has 0 spiro atoms. The monoisotopic (exact) mass is 294 g/mol. The van der Waals surface area contributed by atoms with E-state index < -0.39 is 5.09 Å². The Morgan fingerprint density at radius 1 is 1.35 bits per heavy atom. The molecular formula is C13H14N2O4S. The smallest absolute Gasteiger partial charge is 0.294 e. The summed E-state index contributed by atoms with van der Waals surface area (Å²) in [6.07, 6.45) is 0.458. The molecule has 2 aromatic rings. The first-order valence-corrected chi connectivity index (χ1v) is 6.87. The summed E-state index contributed by atoms with van der Waals surface area (Å²) in [6.45, 7) is 2.35. The number of rotatable bonds is 7. The third-order valence-corrected chi connectivity index (χ3v) is 3.73. The lowest BCUT2D eigenvalue weighted by atomic mass is 10.2. The normalized spacial score (nSPS) is 10.2. The molecule has 0 amide bonds. The van der Waals surface area contributed by atoms with Crippen molar-refractivity contribution in [3.8, 4) is 5.19 Å². The van der Waals surface area contributed by atoms with Crippen LogP contribution in [0.5, 0.6) is 5.19 Å². The second-order valence-corrected chi connectivity index (χ2v) is 5.12. The van der Waals surface area contributed by atoms with Crippen LogP contribution < -0.4 is 4.74 Å². The first kappa shape index (κ1) is 14.3. The van der Waals surface area contributed by atoms with Crippen LogP contribution >= 0.6 is 11.3 Å². The Morgan fingerprint density at radius 3 is 2.80 bits per heavy atom. The zero-order valence-electron chi connectivity index (χ0n) is 10.9. The summed E-state index contributed by atoms with van der Waals surface area (Å²) in [7, 11) is 0. The second-order valence-electron chi connectivity index (χ2n) is 4.07. The van der Waals surface area contributed by atoms with Crippen molar-refractivity contribution in [1.82, 2.24) is 4.98 Å². The predicted octanol–water partition coefficient (Wildman–Crippen LogP) is 2.78. The first-order valence-electron chi connectivity index (χ1n) is 6.05. The van der Waals surface area contributed by atoms with Gasteiger partial charge >= 0.3 is 0 Å². The number of nitrogens with zero attached hydrogens (tertiary/aromatic N) is 2. The van der Waals surface area contributed by atoms with Gasteiger partial charge in [-0.15, -0.1) is 10.1 Å². The average Bonchev–Trinajstić information content (AvgIpc) is 2.78. The molecule has 20 heavy (non-hydrogen) atoms. The van der Waals surface area contributed by atoms with Gasteiger partial charge in [-0.25, -0.2) is 4.98 Å². The third-order valence-electron chi connectivity index (χ3n) is 2.60. The summed E-state index contributed by atoms with van der Waals surface area (Å²) in [5, 5.41) is 9.87. The molecule has 1 aromatic heterocycles. The molecule has 1 heterocycles. The standard InChI is InChI=1S/C13H14N2O4S/c1-10-12(7-8-19-15(16)17)20-13(14-10)18-9-11-5-3-2-4-6-11/h2-6H,7-9H2,1H3. The van der Waals surface area contributed by atoms with Gasteiger partial charge < -0.3 is 9.57 Å². The molecule has 0 unspecified atom stereocenters. The van der Waals surface area contributed by atoms with E-state index >= 15 is 0 Å². The molecule has 0 N–H and O–H groups in total. The molecule has 0 bridgehead atoms. The van der Waals surface area contributed by atoms with Crippen LogP contribution in [-0.4, -0.2) is 16.7 Å².